The fourth-order valence-corrected chi connectivity index (χ4v) is 2.38. The van der Waals surface area contributed by atoms with Gasteiger partial charge in [0.1, 0.15) is 0 Å². The molecule has 3 nitrogen and oxygen atoms in total. The molecule has 0 atom stereocenters. The van der Waals surface area contributed by atoms with Crippen molar-refractivity contribution in [2.45, 2.75) is 77.9 Å². The van der Waals surface area contributed by atoms with Crippen molar-refractivity contribution in [3.63, 3.8) is 0 Å². The predicted molar refractivity (Wildman–Crippen MR) is 86.6 cm³/mol. The van der Waals surface area contributed by atoms with Gasteiger partial charge in [-0.3, -0.25) is 0 Å². The number of rotatable bonds is 2. The van der Waals surface area contributed by atoms with Crippen LogP contribution in [0.1, 0.15) is 66.7 Å². The maximum Gasteiger partial charge on any atom is 0.491 e. The van der Waals surface area contributed by atoms with Gasteiger partial charge in [0.05, 0.1) is 11.2 Å². The van der Waals surface area contributed by atoms with Crippen LogP contribution in [0.25, 0.3) is 0 Å². The van der Waals surface area contributed by atoms with E-state index in [0.29, 0.717) is 0 Å². The summed E-state index contributed by atoms with van der Waals surface area (Å²) in [4.78, 5) is 2.00. The standard InChI is InChI=1S/C11H22BNO2.C5H10/c1-9(8-13(6)7)12-14-10(2,3)11(4,5)15-12;1-2-4-5-3-1/h8H,1-7H3;1-5H2/b9-8+;. The lowest BCUT2D eigenvalue weighted by Crippen LogP contribution is -2.41. The fourth-order valence-electron chi connectivity index (χ4n) is 2.38. The van der Waals surface area contributed by atoms with Crippen LogP contribution >= 0.6 is 0 Å². The van der Waals surface area contributed by atoms with Gasteiger partial charge in [-0.1, -0.05) is 32.1 Å². The summed E-state index contributed by atoms with van der Waals surface area (Å²) >= 11 is 0. The van der Waals surface area contributed by atoms with Crippen molar-refractivity contribution in [3.05, 3.63) is 11.7 Å². The van der Waals surface area contributed by atoms with E-state index in [0.717, 1.165) is 5.47 Å². The van der Waals surface area contributed by atoms with E-state index in [-0.39, 0.29) is 18.3 Å². The van der Waals surface area contributed by atoms with Gasteiger partial charge in [-0.05, 0) is 46.3 Å². The van der Waals surface area contributed by atoms with Crippen molar-refractivity contribution in [1.82, 2.24) is 4.90 Å². The van der Waals surface area contributed by atoms with Gasteiger partial charge in [-0.15, -0.1) is 0 Å². The Labute approximate surface area is 125 Å². The first-order chi connectivity index (χ1) is 9.16. The van der Waals surface area contributed by atoms with Crippen molar-refractivity contribution in [2.24, 2.45) is 0 Å². The molecule has 1 saturated carbocycles. The number of allylic oxidation sites excluding steroid dienone is 1. The van der Waals surface area contributed by atoms with Crippen LogP contribution in [0.5, 0.6) is 0 Å². The highest BCUT2D eigenvalue weighted by atomic mass is 16.7. The van der Waals surface area contributed by atoms with Gasteiger partial charge in [-0.25, -0.2) is 0 Å². The second kappa shape index (κ2) is 6.99. The van der Waals surface area contributed by atoms with Gasteiger partial charge >= 0.3 is 7.12 Å². The summed E-state index contributed by atoms with van der Waals surface area (Å²) in [5.41, 5.74) is 0.594. The second-order valence-corrected chi connectivity index (χ2v) is 7.19. The zero-order chi connectivity index (χ0) is 15.4. The highest BCUT2D eigenvalue weighted by Gasteiger charge is 2.51. The van der Waals surface area contributed by atoms with E-state index in [1.165, 1.54) is 32.1 Å². The lowest BCUT2D eigenvalue weighted by atomic mass is 9.80. The average molecular weight is 281 g/mol. The first kappa shape index (κ1) is 17.6. The third-order valence-electron chi connectivity index (χ3n) is 4.34. The summed E-state index contributed by atoms with van der Waals surface area (Å²) in [5, 5.41) is 0. The minimum Gasteiger partial charge on any atom is -0.400 e. The Kier molecular flexibility index (Phi) is 6.14. The lowest BCUT2D eigenvalue weighted by Gasteiger charge is -2.32. The SMILES string of the molecule is C/C(=C\N(C)C)B1OC(C)(C)C(C)(C)O1.C1CCCC1. The molecule has 2 rings (SSSR count). The molecule has 0 N–H and O–H groups in total. The van der Waals surface area contributed by atoms with Crippen LogP contribution < -0.4 is 0 Å². The van der Waals surface area contributed by atoms with Gasteiger partial charge in [0.2, 0.25) is 0 Å². The molecule has 1 saturated heterocycles. The second-order valence-electron chi connectivity index (χ2n) is 7.19. The molecule has 20 heavy (non-hydrogen) atoms. The van der Waals surface area contributed by atoms with Crippen LogP contribution in [0, 0.1) is 0 Å². The summed E-state index contributed by atoms with van der Waals surface area (Å²) < 4.78 is 11.8. The van der Waals surface area contributed by atoms with E-state index in [9.17, 15) is 0 Å². The summed E-state index contributed by atoms with van der Waals surface area (Å²) in [6, 6.07) is 0. The van der Waals surface area contributed by atoms with Crippen molar-refractivity contribution < 1.29 is 9.31 Å². The third-order valence-corrected chi connectivity index (χ3v) is 4.34. The van der Waals surface area contributed by atoms with Gasteiger partial charge in [0.25, 0.3) is 0 Å². The van der Waals surface area contributed by atoms with Crippen LogP contribution in [0.3, 0.4) is 0 Å². The molecule has 116 valence electrons. The summed E-state index contributed by atoms with van der Waals surface area (Å²) in [7, 11) is 3.76. The zero-order valence-electron chi connectivity index (χ0n) is 14.5. The Bertz CT molecular complexity index is 310. The molecule has 1 heterocycles. The molecule has 2 fully saturated rings. The molecule has 1 aliphatic carbocycles. The molecule has 0 bridgehead atoms. The van der Waals surface area contributed by atoms with Gasteiger partial charge < -0.3 is 14.2 Å². The number of hydrogen-bond donors (Lipinski definition) is 0. The molecule has 4 heteroatoms. The quantitative estimate of drug-likeness (QED) is 0.713. The highest BCUT2D eigenvalue weighted by molar-refractivity contribution is 6.54. The Morgan fingerprint density at radius 2 is 1.25 bits per heavy atom. The maximum atomic E-state index is 5.91. The Morgan fingerprint density at radius 1 is 0.900 bits per heavy atom. The van der Waals surface area contributed by atoms with Crippen molar-refractivity contribution in [1.29, 1.82) is 0 Å². The van der Waals surface area contributed by atoms with Crippen molar-refractivity contribution >= 4 is 7.12 Å². The van der Waals surface area contributed by atoms with Crippen molar-refractivity contribution in [3.8, 4) is 0 Å². The first-order valence-corrected chi connectivity index (χ1v) is 7.86. The highest BCUT2D eigenvalue weighted by Crippen LogP contribution is 2.38. The fraction of sp³-hybridized carbons (Fsp3) is 0.875. The molecule has 0 unspecified atom stereocenters. The van der Waals surface area contributed by atoms with E-state index >= 15 is 0 Å². The topological polar surface area (TPSA) is 21.7 Å². The molecule has 0 aromatic carbocycles. The molecular formula is C16H32BNO2. The minimum absolute atomic E-state index is 0.225. The van der Waals surface area contributed by atoms with E-state index < -0.39 is 0 Å². The molecule has 0 radical (unpaired) electrons. The molecule has 0 spiro atoms. The molecule has 2 aliphatic rings. The third kappa shape index (κ3) is 4.82. The van der Waals surface area contributed by atoms with E-state index in [1.807, 2.05) is 32.1 Å². The van der Waals surface area contributed by atoms with Crippen LogP contribution in [-0.2, 0) is 9.31 Å². The van der Waals surface area contributed by atoms with E-state index in [4.69, 9.17) is 9.31 Å². The van der Waals surface area contributed by atoms with Gasteiger partial charge in [-0.2, -0.15) is 0 Å². The van der Waals surface area contributed by atoms with Crippen molar-refractivity contribution in [2.75, 3.05) is 14.1 Å². The minimum atomic E-state index is -0.251. The molecular weight excluding hydrogens is 249 g/mol. The Morgan fingerprint density at radius 3 is 1.55 bits per heavy atom. The normalized spacial score (nSPS) is 24.4. The smallest absolute Gasteiger partial charge is 0.400 e. The number of nitrogens with zero attached hydrogens (tertiary/aromatic N) is 1. The summed E-state index contributed by atoms with van der Waals surface area (Å²) in [6.45, 7) is 10.3. The largest absolute Gasteiger partial charge is 0.491 e. The molecule has 0 aromatic heterocycles. The maximum absolute atomic E-state index is 5.91. The number of hydrogen-bond acceptors (Lipinski definition) is 3. The van der Waals surface area contributed by atoms with E-state index in [2.05, 4.69) is 27.7 Å². The van der Waals surface area contributed by atoms with Gasteiger partial charge in [0, 0.05) is 14.1 Å². The molecule has 1 aliphatic heterocycles. The monoisotopic (exact) mass is 281 g/mol. The van der Waals surface area contributed by atoms with Crippen LogP contribution in [0.2, 0.25) is 0 Å². The van der Waals surface area contributed by atoms with Gasteiger partial charge in [0.15, 0.2) is 0 Å². The zero-order valence-corrected chi connectivity index (χ0v) is 14.5. The van der Waals surface area contributed by atoms with Crippen LogP contribution in [0.15, 0.2) is 11.7 Å². The Hall–Kier alpha value is -0.475. The molecule has 0 amide bonds. The predicted octanol–water partition coefficient (Wildman–Crippen LogP) is 4.03. The molecule has 0 aromatic rings. The van der Waals surface area contributed by atoms with E-state index in [1.54, 1.807) is 0 Å². The summed E-state index contributed by atoms with van der Waals surface area (Å²) in [6.07, 6.45) is 9.53. The Balaban J connectivity index is 0.000000333. The summed E-state index contributed by atoms with van der Waals surface area (Å²) in [5.74, 6) is 0. The average Bonchev–Trinajstić information content (AvgIpc) is 2.89. The van der Waals surface area contributed by atoms with Crippen LogP contribution in [0.4, 0.5) is 0 Å². The lowest BCUT2D eigenvalue weighted by molar-refractivity contribution is 0.00578. The van der Waals surface area contributed by atoms with Crippen LogP contribution in [-0.4, -0.2) is 37.3 Å². The first-order valence-electron chi connectivity index (χ1n) is 7.86.